The monoisotopic (exact) mass is 252 g/mol. The Labute approximate surface area is 107 Å². The van der Waals surface area contributed by atoms with Gasteiger partial charge in [0.15, 0.2) is 0 Å². The highest BCUT2D eigenvalue weighted by Crippen LogP contribution is 2.37. The largest absolute Gasteiger partial charge is 0.370 e. The Morgan fingerprint density at radius 3 is 2.44 bits per heavy atom. The number of nitrogens with two attached hydrogens (primary N) is 1. The topological polar surface area (TPSA) is 84.4 Å². The molecule has 18 heavy (non-hydrogen) atoms. The van der Waals surface area contributed by atoms with Crippen LogP contribution < -0.4 is 16.0 Å². The molecule has 1 aromatic rings. The van der Waals surface area contributed by atoms with E-state index in [-0.39, 0.29) is 17.3 Å². The molecule has 0 aromatic heterocycles. The minimum Gasteiger partial charge on any atom is -0.370 e. The molecular formula is C12H20N4O2. The number of benzene rings is 1. The second-order valence-corrected chi connectivity index (χ2v) is 3.94. The first-order chi connectivity index (χ1) is 8.56. The molecule has 1 rings (SSSR count). The van der Waals surface area contributed by atoms with Crippen molar-refractivity contribution in [2.75, 3.05) is 30.0 Å². The third-order valence-corrected chi connectivity index (χ3v) is 2.91. The minimum absolute atomic E-state index is 0.0629. The third kappa shape index (κ3) is 2.70. The SMILES string of the molecule is CCN(CC)c1c(C)ccc([N+](=O)[O-])c1NCN. The fraction of sp³-hybridized carbons (Fsp3) is 0.500. The average Bonchev–Trinajstić information content (AvgIpc) is 2.33. The molecule has 0 bridgehead atoms. The Morgan fingerprint density at radius 1 is 1.39 bits per heavy atom. The van der Waals surface area contributed by atoms with Crippen LogP contribution >= 0.6 is 0 Å². The Balaban J connectivity index is 3.44. The van der Waals surface area contributed by atoms with Gasteiger partial charge in [-0.1, -0.05) is 6.07 Å². The molecule has 0 saturated heterocycles. The number of hydrogen-bond acceptors (Lipinski definition) is 5. The maximum atomic E-state index is 11.1. The van der Waals surface area contributed by atoms with Gasteiger partial charge in [-0.2, -0.15) is 0 Å². The summed E-state index contributed by atoms with van der Waals surface area (Å²) in [5, 5.41) is 14.0. The van der Waals surface area contributed by atoms with Gasteiger partial charge in [-0.05, 0) is 26.3 Å². The van der Waals surface area contributed by atoms with Gasteiger partial charge in [0.1, 0.15) is 5.69 Å². The lowest BCUT2D eigenvalue weighted by Crippen LogP contribution is -2.25. The second-order valence-electron chi connectivity index (χ2n) is 3.94. The molecule has 0 saturated carbocycles. The van der Waals surface area contributed by atoms with Crippen LogP contribution in [0.2, 0.25) is 0 Å². The van der Waals surface area contributed by atoms with Gasteiger partial charge in [-0.3, -0.25) is 10.1 Å². The molecule has 0 fully saturated rings. The third-order valence-electron chi connectivity index (χ3n) is 2.91. The van der Waals surface area contributed by atoms with Crippen molar-refractivity contribution in [1.82, 2.24) is 0 Å². The maximum absolute atomic E-state index is 11.1. The van der Waals surface area contributed by atoms with Crippen molar-refractivity contribution in [3.05, 3.63) is 27.8 Å². The predicted octanol–water partition coefficient (Wildman–Crippen LogP) is 2.08. The first-order valence-corrected chi connectivity index (χ1v) is 6.03. The van der Waals surface area contributed by atoms with Gasteiger partial charge in [0.2, 0.25) is 0 Å². The first kappa shape index (κ1) is 14.2. The summed E-state index contributed by atoms with van der Waals surface area (Å²) in [5.41, 5.74) is 7.91. The number of hydrogen-bond donors (Lipinski definition) is 2. The van der Waals surface area contributed by atoms with Crippen molar-refractivity contribution in [1.29, 1.82) is 0 Å². The van der Waals surface area contributed by atoms with Crippen LogP contribution in [0.1, 0.15) is 19.4 Å². The summed E-state index contributed by atoms with van der Waals surface area (Å²) in [6.45, 7) is 7.73. The fourth-order valence-corrected chi connectivity index (χ4v) is 2.06. The molecule has 3 N–H and O–H groups in total. The molecule has 0 unspecified atom stereocenters. The highest BCUT2D eigenvalue weighted by Gasteiger charge is 2.21. The van der Waals surface area contributed by atoms with Crippen LogP contribution in [-0.4, -0.2) is 24.7 Å². The van der Waals surface area contributed by atoms with Gasteiger partial charge in [0.05, 0.1) is 17.3 Å². The van der Waals surface area contributed by atoms with Crippen molar-refractivity contribution in [3.8, 4) is 0 Å². The first-order valence-electron chi connectivity index (χ1n) is 6.03. The Kier molecular flexibility index (Phi) is 4.91. The number of anilines is 2. The number of nitro benzene ring substituents is 1. The normalized spacial score (nSPS) is 10.2. The van der Waals surface area contributed by atoms with Gasteiger partial charge in [0.25, 0.3) is 5.69 Å². The molecule has 0 aliphatic heterocycles. The molecule has 0 amide bonds. The van der Waals surface area contributed by atoms with Gasteiger partial charge in [-0.25, -0.2) is 0 Å². The molecule has 0 atom stereocenters. The van der Waals surface area contributed by atoms with E-state index in [1.165, 1.54) is 6.07 Å². The summed E-state index contributed by atoms with van der Waals surface area (Å²) in [6.07, 6.45) is 0. The van der Waals surface area contributed by atoms with Crippen molar-refractivity contribution >= 4 is 17.1 Å². The zero-order chi connectivity index (χ0) is 13.7. The molecule has 0 heterocycles. The standard InChI is InChI=1S/C12H20N4O2/c1-4-15(5-2)12-9(3)6-7-10(16(17)18)11(12)14-8-13/h6-7,14H,4-5,8,13H2,1-3H3. The quantitative estimate of drug-likeness (QED) is 0.460. The number of nitrogens with one attached hydrogen (secondary N) is 1. The van der Waals surface area contributed by atoms with Gasteiger partial charge >= 0.3 is 0 Å². The predicted molar refractivity (Wildman–Crippen MR) is 74.1 cm³/mol. The molecule has 6 nitrogen and oxygen atoms in total. The smallest absolute Gasteiger partial charge is 0.294 e. The van der Waals surface area contributed by atoms with Crippen molar-refractivity contribution in [3.63, 3.8) is 0 Å². The van der Waals surface area contributed by atoms with Gasteiger partial charge < -0.3 is 16.0 Å². The number of nitrogens with zero attached hydrogens (tertiary/aromatic N) is 2. The number of aryl methyl sites for hydroxylation is 1. The molecule has 0 radical (unpaired) electrons. The van der Waals surface area contributed by atoms with E-state index in [1.54, 1.807) is 6.07 Å². The lowest BCUT2D eigenvalue weighted by molar-refractivity contribution is -0.383. The minimum atomic E-state index is -0.384. The van der Waals surface area contributed by atoms with Crippen LogP contribution in [0.5, 0.6) is 0 Å². The maximum Gasteiger partial charge on any atom is 0.294 e. The summed E-state index contributed by atoms with van der Waals surface area (Å²) in [5.74, 6) is 0. The van der Waals surface area contributed by atoms with Crippen molar-refractivity contribution < 1.29 is 4.92 Å². The Morgan fingerprint density at radius 2 is 2.00 bits per heavy atom. The van der Waals surface area contributed by atoms with Crippen molar-refractivity contribution in [2.24, 2.45) is 5.73 Å². The van der Waals surface area contributed by atoms with E-state index in [9.17, 15) is 10.1 Å². The van der Waals surface area contributed by atoms with Crippen LogP contribution in [0.4, 0.5) is 17.1 Å². The van der Waals surface area contributed by atoms with E-state index in [0.717, 1.165) is 24.3 Å². The molecule has 100 valence electrons. The zero-order valence-electron chi connectivity index (χ0n) is 11.1. The van der Waals surface area contributed by atoms with E-state index in [4.69, 9.17) is 5.73 Å². The molecular weight excluding hydrogens is 232 g/mol. The van der Waals surface area contributed by atoms with Crippen LogP contribution in [0.15, 0.2) is 12.1 Å². The Hall–Kier alpha value is -1.82. The second kappa shape index (κ2) is 6.20. The number of rotatable bonds is 6. The fourth-order valence-electron chi connectivity index (χ4n) is 2.06. The summed E-state index contributed by atoms with van der Waals surface area (Å²) in [7, 11) is 0. The molecule has 0 aliphatic rings. The van der Waals surface area contributed by atoms with Crippen LogP contribution in [0, 0.1) is 17.0 Å². The highest BCUT2D eigenvalue weighted by molar-refractivity contribution is 5.82. The summed E-state index contributed by atoms with van der Waals surface area (Å²) < 4.78 is 0. The van der Waals surface area contributed by atoms with E-state index in [2.05, 4.69) is 10.2 Å². The molecule has 6 heteroatoms. The molecule has 0 aliphatic carbocycles. The average molecular weight is 252 g/mol. The summed E-state index contributed by atoms with van der Waals surface area (Å²) in [6, 6.07) is 3.29. The molecule has 0 spiro atoms. The van der Waals surface area contributed by atoms with Crippen LogP contribution in [-0.2, 0) is 0 Å². The van der Waals surface area contributed by atoms with Crippen LogP contribution in [0.25, 0.3) is 0 Å². The van der Waals surface area contributed by atoms with Crippen LogP contribution in [0.3, 0.4) is 0 Å². The van der Waals surface area contributed by atoms with E-state index in [0.29, 0.717) is 5.69 Å². The lowest BCUT2D eigenvalue weighted by Gasteiger charge is -2.26. The van der Waals surface area contributed by atoms with E-state index in [1.807, 2.05) is 20.8 Å². The van der Waals surface area contributed by atoms with Crippen molar-refractivity contribution in [2.45, 2.75) is 20.8 Å². The van der Waals surface area contributed by atoms with Gasteiger partial charge in [-0.15, -0.1) is 0 Å². The lowest BCUT2D eigenvalue weighted by atomic mass is 10.1. The Bertz CT molecular complexity index is 430. The summed E-state index contributed by atoms with van der Waals surface area (Å²) >= 11 is 0. The van der Waals surface area contributed by atoms with E-state index < -0.39 is 0 Å². The van der Waals surface area contributed by atoms with Gasteiger partial charge in [0, 0.05) is 19.2 Å². The van der Waals surface area contributed by atoms with E-state index >= 15 is 0 Å². The number of nitro groups is 1. The molecule has 1 aromatic carbocycles. The summed E-state index contributed by atoms with van der Waals surface area (Å²) in [4.78, 5) is 12.8. The zero-order valence-corrected chi connectivity index (χ0v) is 11.1. The highest BCUT2D eigenvalue weighted by atomic mass is 16.6.